The summed E-state index contributed by atoms with van der Waals surface area (Å²) >= 11 is 6.38. The minimum Gasteiger partial charge on any atom is -0.507 e. The standard InChI is InChI=1S/C26H23ClO6/c1-2-31-26(30)23(29)14-22(28)20-13-21(27)25(33-17-19-11-7-4-8-12-19)15-24(20)32-16-18-9-5-3-6-10-18/h3-15,28H,2,16-17H2,1H3/b22-14-. The van der Waals surface area contributed by atoms with E-state index in [1.54, 1.807) is 13.0 Å². The van der Waals surface area contributed by atoms with Gasteiger partial charge in [-0.3, -0.25) is 4.79 Å². The van der Waals surface area contributed by atoms with E-state index < -0.39 is 17.5 Å². The summed E-state index contributed by atoms with van der Waals surface area (Å²) in [6.07, 6.45) is 0.781. The number of esters is 1. The zero-order valence-electron chi connectivity index (χ0n) is 18.0. The molecule has 0 aliphatic rings. The van der Waals surface area contributed by atoms with Gasteiger partial charge in [-0.1, -0.05) is 72.3 Å². The summed E-state index contributed by atoms with van der Waals surface area (Å²) in [6, 6.07) is 22.0. The Morgan fingerprint density at radius 3 is 1.97 bits per heavy atom. The first-order valence-corrected chi connectivity index (χ1v) is 10.6. The number of hydrogen-bond donors (Lipinski definition) is 1. The van der Waals surface area contributed by atoms with E-state index in [4.69, 9.17) is 21.1 Å². The molecule has 0 amide bonds. The van der Waals surface area contributed by atoms with E-state index in [0.29, 0.717) is 5.75 Å². The Kier molecular flexibility index (Phi) is 8.49. The van der Waals surface area contributed by atoms with Crippen molar-refractivity contribution in [2.45, 2.75) is 20.1 Å². The molecule has 1 N–H and O–H groups in total. The fraction of sp³-hybridized carbons (Fsp3) is 0.154. The van der Waals surface area contributed by atoms with Gasteiger partial charge in [0.1, 0.15) is 30.5 Å². The van der Waals surface area contributed by atoms with Crippen LogP contribution < -0.4 is 9.47 Å². The van der Waals surface area contributed by atoms with Crippen LogP contribution in [-0.4, -0.2) is 23.5 Å². The van der Waals surface area contributed by atoms with Crippen molar-refractivity contribution in [3.05, 3.63) is 101 Å². The number of rotatable bonds is 10. The third kappa shape index (κ3) is 6.85. The molecule has 0 aliphatic heterocycles. The molecule has 3 aromatic rings. The number of carbonyl (C=O) groups is 2. The van der Waals surface area contributed by atoms with Gasteiger partial charge in [0.2, 0.25) is 0 Å². The van der Waals surface area contributed by atoms with Crippen LogP contribution in [0, 0.1) is 0 Å². The molecule has 0 bridgehead atoms. The molecule has 0 heterocycles. The van der Waals surface area contributed by atoms with Crippen LogP contribution in [0.25, 0.3) is 5.76 Å². The summed E-state index contributed by atoms with van der Waals surface area (Å²) in [6.45, 7) is 2.11. The van der Waals surface area contributed by atoms with Crippen molar-refractivity contribution in [3.8, 4) is 11.5 Å². The summed E-state index contributed by atoms with van der Waals surface area (Å²) < 4.78 is 16.4. The number of ketones is 1. The van der Waals surface area contributed by atoms with Crippen molar-refractivity contribution in [1.82, 2.24) is 0 Å². The lowest BCUT2D eigenvalue weighted by atomic mass is 10.1. The van der Waals surface area contributed by atoms with Crippen molar-refractivity contribution < 1.29 is 28.9 Å². The minimum absolute atomic E-state index is 0.0455. The van der Waals surface area contributed by atoms with Crippen molar-refractivity contribution in [2.75, 3.05) is 6.61 Å². The number of halogens is 1. The Hall–Kier alpha value is -3.77. The van der Waals surface area contributed by atoms with E-state index in [2.05, 4.69) is 4.74 Å². The van der Waals surface area contributed by atoms with Crippen molar-refractivity contribution >= 4 is 29.1 Å². The van der Waals surface area contributed by atoms with Gasteiger partial charge in [0.15, 0.2) is 0 Å². The largest absolute Gasteiger partial charge is 0.507 e. The Morgan fingerprint density at radius 1 is 0.879 bits per heavy atom. The summed E-state index contributed by atoms with van der Waals surface area (Å²) in [4.78, 5) is 23.7. The van der Waals surface area contributed by atoms with Crippen LogP contribution in [0.3, 0.4) is 0 Å². The normalized spacial score (nSPS) is 11.0. The number of ether oxygens (including phenoxy) is 3. The summed E-state index contributed by atoms with van der Waals surface area (Å²) in [5, 5.41) is 10.8. The highest BCUT2D eigenvalue weighted by atomic mass is 35.5. The highest BCUT2D eigenvalue weighted by Crippen LogP contribution is 2.36. The van der Waals surface area contributed by atoms with Gasteiger partial charge >= 0.3 is 5.97 Å². The number of hydrogen-bond acceptors (Lipinski definition) is 6. The molecular formula is C26H23ClO6. The third-order valence-electron chi connectivity index (χ3n) is 4.53. The quantitative estimate of drug-likeness (QED) is 0.183. The smallest absolute Gasteiger partial charge is 0.379 e. The lowest BCUT2D eigenvalue weighted by Crippen LogP contribution is -2.15. The van der Waals surface area contributed by atoms with E-state index in [1.807, 2.05) is 60.7 Å². The predicted octanol–water partition coefficient (Wildman–Crippen LogP) is 5.53. The van der Waals surface area contributed by atoms with E-state index in [9.17, 15) is 14.7 Å². The number of aliphatic hydroxyl groups is 1. The zero-order chi connectivity index (χ0) is 23.6. The van der Waals surface area contributed by atoms with Crippen LogP contribution in [0.1, 0.15) is 23.6 Å². The molecule has 0 saturated heterocycles. The molecule has 6 nitrogen and oxygen atoms in total. The molecule has 0 unspecified atom stereocenters. The van der Waals surface area contributed by atoms with Crippen LogP contribution in [-0.2, 0) is 27.5 Å². The second-order valence-electron chi connectivity index (χ2n) is 6.94. The molecule has 0 fully saturated rings. The van der Waals surface area contributed by atoms with Crippen LogP contribution >= 0.6 is 11.6 Å². The topological polar surface area (TPSA) is 82.1 Å². The van der Waals surface area contributed by atoms with E-state index in [-0.39, 0.29) is 36.2 Å². The summed E-state index contributed by atoms with van der Waals surface area (Å²) in [7, 11) is 0. The van der Waals surface area contributed by atoms with Gasteiger partial charge in [0.25, 0.3) is 5.78 Å². The SMILES string of the molecule is CCOC(=O)C(=O)/C=C(\O)c1cc(Cl)c(OCc2ccccc2)cc1OCc1ccccc1. The molecule has 33 heavy (non-hydrogen) atoms. The Balaban J connectivity index is 1.90. The van der Waals surface area contributed by atoms with Crippen molar-refractivity contribution in [2.24, 2.45) is 0 Å². The molecule has 0 aliphatic carbocycles. The Bertz CT molecular complexity index is 1130. The first kappa shape index (κ1) is 23.9. The van der Waals surface area contributed by atoms with Crippen LogP contribution in [0.5, 0.6) is 11.5 Å². The van der Waals surface area contributed by atoms with Gasteiger partial charge in [0.05, 0.1) is 17.2 Å². The minimum atomic E-state index is -1.07. The maximum absolute atomic E-state index is 12.0. The highest BCUT2D eigenvalue weighted by molar-refractivity contribution is 6.39. The average molecular weight is 467 g/mol. The van der Waals surface area contributed by atoms with Gasteiger partial charge in [-0.05, 0) is 24.1 Å². The fourth-order valence-electron chi connectivity index (χ4n) is 2.90. The average Bonchev–Trinajstić information content (AvgIpc) is 2.83. The second-order valence-corrected chi connectivity index (χ2v) is 7.35. The molecule has 0 radical (unpaired) electrons. The van der Waals surface area contributed by atoms with Gasteiger partial charge in [-0.15, -0.1) is 0 Å². The van der Waals surface area contributed by atoms with Crippen molar-refractivity contribution in [1.29, 1.82) is 0 Å². The number of benzene rings is 3. The van der Waals surface area contributed by atoms with Gasteiger partial charge in [-0.25, -0.2) is 4.79 Å². The molecule has 0 aromatic heterocycles. The summed E-state index contributed by atoms with van der Waals surface area (Å²) in [5.41, 5.74) is 1.99. The van der Waals surface area contributed by atoms with Crippen LogP contribution in [0.2, 0.25) is 5.02 Å². The predicted molar refractivity (Wildman–Crippen MR) is 125 cm³/mol. The first-order valence-electron chi connectivity index (χ1n) is 10.3. The lowest BCUT2D eigenvalue weighted by Gasteiger charge is -2.15. The van der Waals surface area contributed by atoms with Crippen molar-refractivity contribution in [3.63, 3.8) is 0 Å². The molecule has 3 rings (SSSR count). The maximum Gasteiger partial charge on any atom is 0.379 e. The van der Waals surface area contributed by atoms with Gasteiger partial charge in [-0.2, -0.15) is 0 Å². The molecule has 3 aromatic carbocycles. The molecule has 0 atom stereocenters. The summed E-state index contributed by atoms with van der Waals surface area (Å²) in [5.74, 6) is -1.96. The highest BCUT2D eigenvalue weighted by Gasteiger charge is 2.19. The zero-order valence-corrected chi connectivity index (χ0v) is 18.7. The second kappa shape index (κ2) is 11.7. The molecule has 170 valence electrons. The van der Waals surface area contributed by atoms with E-state index in [0.717, 1.165) is 17.2 Å². The Morgan fingerprint density at radius 2 is 1.42 bits per heavy atom. The Labute approximate surface area is 197 Å². The third-order valence-corrected chi connectivity index (χ3v) is 4.82. The van der Waals surface area contributed by atoms with Crippen LogP contribution in [0.4, 0.5) is 0 Å². The van der Waals surface area contributed by atoms with Gasteiger partial charge < -0.3 is 19.3 Å². The van der Waals surface area contributed by atoms with E-state index >= 15 is 0 Å². The van der Waals surface area contributed by atoms with Crippen LogP contribution in [0.15, 0.2) is 78.9 Å². The molecule has 0 saturated carbocycles. The lowest BCUT2D eigenvalue weighted by molar-refractivity contribution is -0.151. The molecular weight excluding hydrogens is 444 g/mol. The molecule has 0 spiro atoms. The number of carbonyl (C=O) groups excluding carboxylic acids is 2. The van der Waals surface area contributed by atoms with E-state index in [1.165, 1.54) is 6.07 Å². The molecule has 7 heteroatoms. The number of aliphatic hydroxyl groups excluding tert-OH is 1. The maximum atomic E-state index is 12.0. The fourth-order valence-corrected chi connectivity index (χ4v) is 3.12. The van der Waals surface area contributed by atoms with Gasteiger partial charge in [0, 0.05) is 12.1 Å². The monoisotopic (exact) mass is 466 g/mol. The first-order chi connectivity index (χ1) is 16.0.